The molecule has 0 saturated carbocycles. The molecule has 0 saturated heterocycles. The van der Waals surface area contributed by atoms with Crippen molar-refractivity contribution in [3.8, 4) is 0 Å². The topological polar surface area (TPSA) is 66.5 Å². The summed E-state index contributed by atoms with van der Waals surface area (Å²) in [7, 11) is -3.64. The first-order valence-corrected chi connectivity index (χ1v) is 9.77. The number of nitrogens with one attached hydrogen (secondary N) is 1. The minimum absolute atomic E-state index is 0.0272. The average Bonchev–Trinajstić information content (AvgIpc) is 2.98. The molecule has 2 aromatic carbocycles. The number of hydrogen-bond donors (Lipinski definition) is 1. The Labute approximate surface area is 148 Å². The second kappa shape index (κ2) is 6.61. The summed E-state index contributed by atoms with van der Waals surface area (Å²) in [5, 5.41) is 0. The number of benzene rings is 2. The fourth-order valence-electron chi connectivity index (χ4n) is 3.31. The van der Waals surface area contributed by atoms with Crippen LogP contribution in [-0.4, -0.2) is 20.9 Å². The first-order chi connectivity index (χ1) is 11.8. The van der Waals surface area contributed by atoms with E-state index >= 15 is 0 Å². The van der Waals surface area contributed by atoms with Gasteiger partial charge in [0.2, 0.25) is 15.9 Å². The normalized spacial score (nSPS) is 15.1. The lowest BCUT2D eigenvalue weighted by Gasteiger charge is -2.18. The molecule has 1 atom stereocenters. The zero-order chi connectivity index (χ0) is 18.2. The highest BCUT2D eigenvalue weighted by Gasteiger charge is 2.25. The van der Waals surface area contributed by atoms with Gasteiger partial charge in [-0.1, -0.05) is 24.3 Å². The summed E-state index contributed by atoms with van der Waals surface area (Å²) in [5.74, 6) is -0.0272. The maximum Gasteiger partial charge on any atom is 0.241 e. The summed E-state index contributed by atoms with van der Waals surface area (Å²) >= 11 is 0. The van der Waals surface area contributed by atoms with Gasteiger partial charge in [0.15, 0.2) is 0 Å². The third-order valence-corrected chi connectivity index (χ3v) is 6.16. The SMILES string of the molecule is CC(=O)N1CCc2cc(S(=O)(=O)NC(C)c3ccccc3C)ccc21. The monoisotopic (exact) mass is 358 g/mol. The van der Waals surface area contributed by atoms with Crippen molar-refractivity contribution in [3.63, 3.8) is 0 Å². The molecule has 132 valence electrons. The largest absolute Gasteiger partial charge is 0.312 e. The molecular formula is C19H22N2O3S. The second-order valence-electron chi connectivity index (χ2n) is 6.41. The van der Waals surface area contributed by atoms with E-state index in [9.17, 15) is 13.2 Å². The predicted octanol–water partition coefficient (Wildman–Crippen LogP) is 2.94. The van der Waals surface area contributed by atoms with Crippen molar-refractivity contribution in [1.82, 2.24) is 4.72 Å². The number of anilines is 1. The third kappa shape index (κ3) is 3.45. The third-order valence-electron chi connectivity index (χ3n) is 4.62. The van der Waals surface area contributed by atoms with Crippen molar-refractivity contribution < 1.29 is 13.2 Å². The maximum atomic E-state index is 12.8. The summed E-state index contributed by atoms with van der Waals surface area (Å²) in [6, 6.07) is 12.4. The van der Waals surface area contributed by atoms with E-state index in [1.54, 1.807) is 23.1 Å². The maximum absolute atomic E-state index is 12.8. The molecule has 5 nitrogen and oxygen atoms in total. The predicted molar refractivity (Wildman–Crippen MR) is 98.1 cm³/mol. The Morgan fingerprint density at radius 1 is 1.20 bits per heavy atom. The molecule has 25 heavy (non-hydrogen) atoms. The Hall–Kier alpha value is -2.18. The lowest BCUT2D eigenvalue weighted by atomic mass is 10.0. The minimum atomic E-state index is -3.64. The van der Waals surface area contributed by atoms with Gasteiger partial charge >= 0.3 is 0 Å². The number of rotatable bonds is 4. The second-order valence-corrected chi connectivity index (χ2v) is 8.12. The van der Waals surface area contributed by atoms with Gasteiger partial charge in [-0.05, 0) is 55.2 Å². The molecule has 1 aliphatic rings. The number of fused-ring (bicyclic) bond motifs is 1. The van der Waals surface area contributed by atoms with Gasteiger partial charge in [-0.25, -0.2) is 13.1 Å². The van der Waals surface area contributed by atoms with Crippen LogP contribution in [0, 0.1) is 6.92 Å². The van der Waals surface area contributed by atoms with Crippen LogP contribution in [0.2, 0.25) is 0 Å². The summed E-state index contributed by atoms with van der Waals surface area (Å²) < 4.78 is 28.2. The van der Waals surface area contributed by atoms with E-state index in [2.05, 4.69) is 4.72 Å². The van der Waals surface area contributed by atoms with Crippen LogP contribution in [0.4, 0.5) is 5.69 Å². The van der Waals surface area contributed by atoms with Gasteiger partial charge in [0, 0.05) is 25.2 Å². The highest BCUT2D eigenvalue weighted by atomic mass is 32.2. The summed E-state index contributed by atoms with van der Waals surface area (Å²) in [6.45, 7) is 5.92. The molecule has 0 spiro atoms. The number of sulfonamides is 1. The van der Waals surface area contributed by atoms with Crippen LogP contribution in [0.1, 0.15) is 36.6 Å². The van der Waals surface area contributed by atoms with Crippen molar-refractivity contribution in [3.05, 3.63) is 59.2 Å². The van der Waals surface area contributed by atoms with E-state index in [0.29, 0.717) is 13.0 Å². The van der Waals surface area contributed by atoms with E-state index in [0.717, 1.165) is 22.4 Å². The zero-order valence-corrected chi connectivity index (χ0v) is 15.4. The lowest BCUT2D eigenvalue weighted by Crippen LogP contribution is -2.27. The molecular weight excluding hydrogens is 336 g/mol. The van der Waals surface area contributed by atoms with E-state index in [-0.39, 0.29) is 16.8 Å². The van der Waals surface area contributed by atoms with Crippen molar-refractivity contribution in [2.75, 3.05) is 11.4 Å². The Balaban J connectivity index is 1.86. The van der Waals surface area contributed by atoms with E-state index in [1.807, 2.05) is 38.1 Å². The molecule has 0 aromatic heterocycles. The summed E-state index contributed by atoms with van der Waals surface area (Å²) in [6.07, 6.45) is 0.672. The Bertz CT molecular complexity index is 922. The highest BCUT2D eigenvalue weighted by Crippen LogP contribution is 2.30. The lowest BCUT2D eigenvalue weighted by molar-refractivity contribution is -0.116. The first kappa shape index (κ1) is 17.6. The number of carbonyl (C=O) groups is 1. The van der Waals surface area contributed by atoms with Crippen LogP contribution in [0.3, 0.4) is 0 Å². The van der Waals surface area contributed by atoms with Crippen molar-refractivity contribution in [1.29, 1.82) is 0 Å². The van der Waals surface area contributed by atoms with Crippen LogP contribution in [-0.2, 0) is 21.2 Å². The summed E-state index contributed by atoms with van der Waals surface area (Å²) in [5.41, 5.74) is 3.69. The standard InChI is InChI=1S/C19H22N2O3S/c1-13-6-4-5-7-18(13)14(2)20-25(23,24)17-8-9-19-16(12-17)10-11-21(19)15(3)22/h4-9,12,14,20H,10-11H2,1-3H3. The molecule has 1 heterocycles. The molecule has 1 N–H and O–H groups in total. The molecule has 1 aliphatic heterocycles. The molecule has 1 amide bonds. The Kier molecular flexibility index (Phi) is 4.67. The first-order valence-electron chi connectivity index (χ1n) is 8.28. The van der Waals surface area contributed by atoms with E-state index in [4.69, 9.17) is 0 Å². The Morgan fingerprint density at radius 3 is 2.60 bits per heavy atom. The molecule has 0 radical (unpaired) electrons. The number of aryl methyl sites for hydroxylation is 1. The molecule has 1 unspecified atom stereocenters. The number of nitrogens with zero attached hydrogens (tertiary/aromatic N) is 1. The molecule has 6 heteroatoms. The van der Waals surface area contributed by atoms with Crippen LogP contribution in [0.15, 0.2) is 47.4 Å². The number of amides is 1. The quantitative estimate of drug-likeness (QED) is 0.914. The molecule has 3 rings (SSSR count). The molecule has 0 fully saturated rings. The fourth-order valence-corrected chi connectivity index (χ4v) is 4.58. The van der Waals surface area contributed by atoms with E-state index in [1.165, 1.54) is 6.92 Å². The van der Waals surface area contributed by atoms with Crippen molar-refractivity contribution in [2.45, 2.75) is 38.1 Å². The zero-order valence-electron chi connectivity index (χ0n) is 14.6. The smallest absolute Gasteiger partial charge is 0.241 e. The van der Waals surface area contributed by atoms with E-state index < -0.39 is 10.0 Å². The van der Waals surface area contributed by atoms with Gasteiger partial charge in [-0.2, -0.15) is 0 Å². The van der Waals surface area contributed by atoms with Crippen molar-refractivity contribution >= 4 is 21.6 Å². The van der Waals surface area contributed by atoms with Gasteiger partial charge in [0.1, 0.15) is 0 Å². The molecule has 0 aliphatic carbocycles. The van der Waals surface area contributed by atoms with Gasteiger partial charge < -0.3 is 4.90 Å². The van der Waals surface area contributed by atoms with Gasteiger partial charge in [-0.15, -0.1) is 0 Å². The fraction of sp³-hybridized carbons (Fsp3) is 0.316. The highest BCUT2D eigenvalue weighted by molar-refractivity contribution is 7.89. The van der Waals surface area contributed by atoms with Crippen molar-refractivity contribution in [2.24, 2.45) is 0 Å². The van der Waals surface area contributed by atoms with Gasteiger partial charge in [-0.3, -0.25) is 4.79 Å². The van der Waals surface area contributed by atoms with Crippen LogP contribution < -0.4 is 9.62 Å². The number of carbonyl (C=O) groups excluding carboxylic acids is 1. The van der Waals surface area contributed by atoms with Crippen LogP contribution in [0.25, 0.3) is 0 Å². The van der Waals surface area contributed by atoms with Crippen LogP contribution >= 0.6 is 0 Å². The van der Waals surface area contributed by atoms with Crippen LogP contribution in [0.5, 0.6) is 0 Å². The average molecular weight is 358 g/mol. The number of hydrogen-bond acceptors (Lipinski definition) is 3. The minimum Gasteiger partial charge on any atom is -0.312 e. The van der Waals surface area contributed by atoms with Gasteiger partial charge in [0.05, 0.1) is 4.90 Å². The molecule has 0 bridgehead atoms. The summed E-state index contributed by atoms with van der Waals surface area (Å²) in [4.78, 5) is 13.5. The molecule has 2 aromatic rings. The van der Waals surface area contributed by atoms with Gasteiger partial charge in [0.25, 0.3) is 0 Å². The Morgan fingerprint density at radius 2 is 1.92 bits per heavy atom.